The van der Waals surface area contributed by atoms with Crippen molar-refractivity contribution in [2.45, 2.75) is 38.6 Å². The Morgan fingerprint density at radius 2 is 2.11 bits per heavy atom. The number of hydrogen-bond donors (Lipinski definition) is 3. The highest BCUT2D eigenvalue weighted by molar-refractivity contribution is 6.01. The summed E-state index contributed by atoms with van der Waals surface area (Å²) in [4.78, 5) is 41.0. The van der Waals surface area contributed by atoms with Gasteiger partial charge in [-0.2, -0.15) is 0 Å². The Balaban J connectivity index is 2.12. The molecule has 19 heavy (non-hydrogen) atoms. The number of anilines is 1. The largest absolute Gasteiger partial charge is 0.359 e. The molecule has 1 aromatic rings. The van der Waals surface area contributed by atoms with E-state index < -0.39 is 6.04 Å². The quantitative estimate of drug-likeness (QED) is 0.672. The van der Waals surface area contributed by atoms with Crippen LogP contribution in [0.2, 0.25) is 0 Å². The van der Waals surface area contributed by atoms with E-state index in [4.69, 9.17) is 0 Å². The number of nitrogens with one attached hydrogen (secondary N) is 3. The lowest BCUT2D eigenvalue weighted by molar-refractivity contribution is -0.133. The Hall–Kier alpha value is -2.18. The highest BCUT2D eigenvalue weighted by Gasteiger charge is 2.26. The molecule has 0 radical (unpaired) electrons. The van der Waals surface area contributed by atoms with Gasteiger partial charge in [-0.15, -0.1) is 0 Å². The number of aromatic amines is 1. The SMILES string of the molecule is CC(C)c1ncc(NC2CCC(=O)NC2=O)[nH]c1=O. The van der Waals surface area contributed by atoms with Crippen LogP contribution in [-0.4, -0.2) is 27.8 Å². The van der Waals surface area contributed by atoms with Crippen LogP contribution in [0.25, 0.3) is 0 Å². The van der Waals surface area contributed by atoms with Crippen molar-refractivity contribution in [2.75, 3.05) is 5.32 Å². The fourth-order valence-electron chi connectivity index (χ4n) is 1.91. The Morgan fingerprint density at radius 1 is 1.37 bits per heavy atom. The fraction of sp³-hybridized carbons (Fsp3) is 0.500. The third-order valence-corrected chi connectivity index (χ3v) is 2.93. The highest BCUT2D eigenvalue weighted by Crippen LogP contribution is 2.11. The molecule has 1 fully saturated rings. The van der Waals surface area contributed by atoms with Gasteiger partial charge in [0, 0.05) is 12.3 Å². The van der Waals surface area contributed by atoms with Crippen LogP contribution in [0.1, 0.15) is 38.3 Å². The number of nitrogens with zero attached hydrogens (tertiary/aromatic N) is 1. The summed E-state index contributed by atoms with van der Waals surface area (Å²) in [6.45, 7) is 3.76. The second-order valence-electron chi connectivity index (χ2n) is 4.81. The number of hydrogen-bond acceptors (Lipinski definition) is 5. The topological polar surface area (TPSA) is 104 Å². The van der Waals surface area contributed by atoms with Crippen molar-refractivity contribution in [3.8, 4) is 0 Å². The van der Waals surface area contributed by atoms with Gasteiger partial charge in [-0.25, -0.2) is 0 Å². The Morgan fingerprint density at radius 3 is 2.68 bits per heavy atom. The first-order chi connectivity index (χ1) is 8.97. The molecule has 2 heterocycles. The molecular formula is C12H16N4O3. The van der Waals surface area contributed by atoms with Crippen LogP contribution in [0.5, 0.6) is 0 Å². The predicted octanol–water partition coefficient (Wildman–Crippen LogP) is 0.110. The van der Waals surface area contributed by atoms with E-state index in [1.54, 1.807) is 0 Å². The maximum Gasteiger partial charge on any atom is 0.271 e. The molecule has 2 amide bonds. The molecule has 0 aliphatic carbocycles. The number of amides is 2. The number of H-pyrrole nitrogens is 1. The van der Waals surface area contributed by atoms with Crippen LogP contribution in [0, 0.1) is 0 Å². The van der Waals surface area contributed by atoms with Gasteiger partial charge in [-0.1, -0.05) is 13.8 Å². The number of carbonyl (C=O) groups excluding carboxylic acids is 2. The van der Waals surface area contributed by atoms with Gasteiger partial charge in [-0.05, 0) is 6.42 Å². The maximum absolute atomic E-state index is 11.7. The lowest BCUT2D eigenvalue weighted by Crippen LogP contribution is -2.47. The maximum atomic E-state index is 11.7. The summed E-state index contributed by atoms with van der Waals surface area (Å²) < 4.78 is 0. The van der Waals surface area contributed by atoms with E-state index in [1.807, 2.05) is 13.8 Å². The lowest BCUT2D eigenvalue weighted by atomic mass is 10.1. The molecule has 1 unspecified atom stereocenters. The van der Waals surface area contributed by atoms with E-state index in [0.717, 1.165) is 0 Å². The molecule has 1 atom stereocenters. The number of piperidine rings is 1. The molecule has 7 nitrogen and oxygen atoms in total. The summed E-state index contributed by atoms with van der Waals surface area (Å²) in [7, 11) is 0. The average molecular weight is 264 g/mol. The minimum atomic E-state index is -0.528. The summed E-state index contributed by atoms with van der Waals surface area (Å²) in [5.41, 5.74) is 0.182. The zero-order chi connectivity index (χ0) is 14.0. The molecule has 7 heteroatoms. The summed E-state index contributed by atoms with van der Waals surface area (Å²) in [5, 5.41) is 5.12. The first kappa shape index (κ1) is 13.3. The second-order valence-corrected chi connectivity index (χ2v) is 4.81. The normalized spacial score (nSPS) is 19.4. The number of rotatable bonds is 3. The van der Waals surface area contributed by atoms with Gasteiger partial charge >= 0.3 is 0 Å². The van der Waals surface area contributed by atoms with Gasteiger partial charge in [-0.3, -0.25) is 24.7 Å². The predicted molar refractivity (Wildman–Crippen MR) is 68.7 cm³/mol. The van der Waals surface area contributed by atoms with Gasteiger partial charge in [0.1, 0.15) is 17.6 Å². The van der Waals surface area contributed by atoms with Crippen LogP contribution in [-0.2, 0) is 9.59 Å². The third-order valence-electron chi connectivity index (χ3n) is 2.93. The third kappa shape index (κ3) is 2.98. The Labute approximate surface area is 109 Å². The number of carbonyl (C=O) groups is 2. The van der Waals surface area contributed by atoms with Gasteiger partial charge in [0.2, 0.25) is 11.8 Å². The van der Waals surface area contributed by atoms with Crippen LogP contribution >= 0.6 is 0 Å². The Bertz CT molecular complexity index is 564. The number of imide groups is 1. The van der Waals surface area contributed by atoms with Crippen LogP contribution in [0.4, 0.5) is 5.82 Å². The van der Waals surface area contributed by atoms with Crippen molar-refractivity contribution in [3.63, 3.8) is 0 Å². The van der Waals surface area contributed by atoms with E-state index in [1.165, 1.54) is 6.20 Å². The summed E-state index contributed by atoms with van der Waals surface area (Å²) in [6, 6.07) is -0.528. The molecule has 3 N–H and O–H groups in total. The van der Waals surface area contributed by atoms with Crippen molar-refractivity contribution < 1.29 is 9.59 Å². The molecule has 0 saturated carbocycles. The lowest BCUT2D eigenvalue weighted by Gasteiger charge is -2.22. The van der Waals surface area contributed by atoms with E-state index in [2.05, 4.69) is 20.6 Å². The molecular weight excluding hydrogens is 248 g/mol. The van der Waals surface area contributed by atoms with Gasteiger partial charge in [0.15, 0.2) is 0 Å². The monoisotopic (exact) mass is 264 g/mol. The van der Waals surface area contributed by atoms with Crippen molar-refractivity contribution >= 4 is 17.6 Å². The zero-order valence-electron chi connectivity index (χ0n) is 10.8. The average Bonchev–Trinajstić information content (AvgIpc) is 2.32. The van der Waals surface area contributed by atoms with Crippen molar-refractivity contribution in [1.82, 2.24) is 15.3 Å². The standard InChI is InChI=1S/C12H16N4O3/c1-6(2)10-12(19)15-8(5-13-10)14-7-3-4-9(17)16-11(7)18/h5-7H,3-4H2,1-2H3,(H2,14,15,19)(H,16,17,18). The first-order valence-electron chi connectivity index (χ1n) is 6.17. The summed E-state index contributed by atoms with van der Waals surface area (Å²) in [6.07, 6.45) is 2.17. The molecule has 0 bridgehead atoms. The number of aromatic nitrogens is 2. The van der Waals surface area contributed by atoms with Gasteiger partial charge in [0.05, 0.1) is 6.20 Å². The molecule has 1 aliphatic heterocycles. The highest BCUT2D eigenvalue weighted by atomic mass is 16.2. The molecule has 1 aliphatic rings. The van der Waals surface area contributed by atoms with Gasteiger partial charge in [0.25, 0.3) is 5.56 Å². The first-order valence-corrected chi connectivity index (χ1v) is 6.17. The summed E-state index contributed by atoms with van der Waals surface area (Å²) >= 11 is 0. The van der Waals surface area contributed by atoms with Crippen molar-refractivity contribution in [1.29, 1.82) is 0 Å². The van der Waals surface area contributed by atoms with Crippen molar-refractivity contribution in [2.24, 2.45) is 0 Å². The second kappa shape index (κ2) is 5.21. The van der Waals surface area contributed by atoms with E-state index >= 15 is 0 Å². The molecule has 1 aromatic heterocycles. The summed E-state index contributed by atoms with van der Waals surface area (Å²) in [5.74, 6) is -0.243. The molecule has 102 valence electrons. The van der Waals surface area contributed by atoms with E-state index in [9.17, 15) is 14.4 Å². The molecule has 2 rings (SSSR count). The minimum absolute atomic E-state index is 0.0356. The van der Waals surface area contributed by atoms with E-state index in [-0.39, 0.29) is 29.7 Å². The van der Waals surface area contributed by atoms with Crippen LogP contribution in [0.3, 0.4) is 0 Å². The fourth-order valence-corrected chi connectivity index (χ4v) is 1.91. The van der Waals surface area contributed by atoms with E-state index in [0.29, 0.717) is 17.9 Å². The molecule has 0 spiro atoms. The van der Waals surface area contributed by atoms with Gasteiger partial charge < -0.3 is 10.3 Å². The minimum Gasteiger partial charge on any atom is -0.359 e. The molecule has 1 saturated heterocycles. The zero-order valence-corrected chi connectivity index (χ0v) is 10.8. The Kier molecular flexibility index (Phi) is 3.64. The van der Waals surface area contributed by atoms with Crippen LogP contribution in [0.15, 0.2) is 11.0 Å². The smallest absolute Gasteiger partial charge is 0.271 e. The molecule has 0 aromatic carbocycles. The van der Waals surface area contributed by atoms with Crippen LogP contribution < -0.4 is 16.2 Å². The van der Waals surface area contributed by atoms with Crippen molar-refractivity contribution in [3.05, 3.63) is 22.2 Å².